The summed E-state index contributed by atoms with van der Waals surface area (Å²) in [5.74, 6) is -1.29. The highest BCUT2D eigenvalue weighted by Gasteiger charge is 2.11. The Morgan fingerprint density at radius 3 is 1.73 bits per heavy atom. The molecule has 0 saturated heterocycles. The third-order valence-electron chi connectivity index (χ3n) is 4.33. The minimum absolute atomic E-state index is 0.264. The first-order valence-corrected chi connectivity index (χ1v) is 8.12. The molecule has 0 aromatic heterocycles. The van der Waals surface area contributed by atoms with Gasteiger partial charge in [-0.1, -0.05) is 48.5 Å². The maximum absolute atomic E-state index is 11.9. The minimum atomic E-state index is -0.937. The number of carbonyl (C=O) groups excluding carboxylic acids is 1. The van der Waals surface area contributed by atoms with Crippen LogP contribution in [-0.2, 0) is 4.74 Å². The van der Waals surface area contributed by atoms with Crippen molar-refractivity contribution in [3.8, 4) is 22.3 Å². The molecule has 0 fully saturated rings. The van der Waals surface area contributed by atoms with Gasteiger partial charge in [0.05, 0.1) is 18.2 Å². The summed E-state index contributed by atoms with van der Waals surface area (Å²) < 4.78 is 4.83. The van der Waals surface area contributed by atoms with Crippen LogP contribution in [0.4, 0.5) is 0 Å². The molecule has 0 radical (unpaired) electrons. The molecule has 130 valence electrons. The fourth-order valence-electron chi connectivity index (χ4n) is 2.79. The van der Waals surface area contributed by atoms with Gasteiger partial charge in [0, 0.05) is 0 Å². The molecule has 0 spiro atoms. The molecule has 3 aromatic rings. The van der Waals surface area contributed by atoms with E-state index in [1.807, 2.05) is 49.4 Å². The molecule has 0 aliphatic rings. The number of aryl methyl sites for hydroxylation is 1. The van der Waals surface area contributed by atoms with Gasteiger partial charge in [0.25, 0.3) is 0 Å². The molecule has 26 heavy (non-hydrogen) atoms. The van der Waals surface area contributed by atoms with Crippen molar-refractivity contribution in [3.63, 3.8) is 0 Å². The van der Waals surface area contributed by atoms with Crippen LogP contribution >= 0.6 is 0 Å². The largest absolute Gasteiger partial charge is 0.478 e. The normalized spacial score (nSPS) is 10.4. The number of ether oxygens (including phenoxy) is 1. The lowest BCUT2D eigenvalue weighted by atomic mass is 9.97. The molecule has 3 aromatic carbocycles. The van der Waals surface area contributed by atoms with E-state index in [9.17, 15) is 9.59 Å². The monoisotopic (exact) mass is 346 g/mol. The van der Waals surface area contributed by atoms with Gasteiger partial charge in [-0.15, -0.1) is 0 Å². The Morgan fingerprint density at radius 2 is 1.23 bits per heavy atom. The van der Waals surface area contributed by atoms with Gasteiger partial charge in [0.15, 0.2) is 0 Å². The standard InChI is InChI=1S/C22H18O4/c1-14-3-4-19(13-20(14)22(25)26-2)17-7-5-15(6-8-17)16-9-11-18(12-10-16)21(23)24/h3-13H,1-2H3,(H,23,24). The number of esters is 1. The van der Waals surface area contributed by atoms with Crippen molar-refractivity contribution in [1.29, 1.82) is 0 Å². The van der Waals surface area contributed by atoms with Gasteiger partial charge in [-0.25, -0.2) is 9.59 Å². The Labute approximate surface area is 151 Å². The highest BCUT2D eigenvalue weighted by molar-refractivity contribution is 5.92. The Kier molecular flexibility index (Phi) is 4.85. The summed E-state index contributed by atoms with van der Waals surface area (Å²) in [6.45, 7) is 1.87. The Bertz CT molecular complexity index is 954. The first-order chi connectivity index (χ1) is 12.5. The zero-order valence-electron chi connectivity index (χ0n) is 14.5. The maximum Gasteiger partial charge on any atom is 0.338 e. The molecule has 0 aliphatic carbocycles. The van der Waals surface area contributed by atoms with E-state index in [2.05, 4.69) is 0 Å². The Balaban J connectivity index is 1.90. The highest BCUT2D eigenvalue weighted by Crippen LogP contribution is 2.27. The van der Waals surface area contributed by atoms with E-state index in [4.69, 9.17) is 9.84 Å². The number of methoxy groups -OCH3 is 1. The number of carboxylic acids is 1. The van der Waals surface area contributed by atoms with E-state index in [-0.39, 0.29) is 11.5 Å². The zero-order valence-corrected chi connectivity index (χ0v) is 14.5. The quantitative estimate of drug-likeness (QED) is 0.688. The molecule has 0 bridgehead atoms. The average Bonchev–Trinajstić information content (AvgIpc) is 2.68. The maximum atomic E-state index is 11.9. The van der Waals surface area contributed by atoms with Crippen molar-refractivity contribution < 1.29 is 19.4 Å². The first kappa shape index (κ1) is 17.4. The van der Waals surface area contributed by atoms with Crippen LogP contribution in [0.15, 0.2) is 66.7 Å². The van der Waals surface area contributed by atoms with Crippen LogP contribution in [0.1, 0.15) is 26.3 Å². The molecular weight excluding hydrogens is 328 g/mol. The molecule has 4 heteroatoms. The molecule has 0 saturated carbocycles. The molecule has 0 unspecified atom stereocenters. The lowest BCUT2D eigenvalue weighted by molar-refractivity contribution is 0.0599. The molecular formula is C22H18O4. The third kappa shape index (κ3) is 3.49. The summed E-state index contributed by atoms with van der Waals surface area (Å²) in [5, 5.41) is 8.97. The van der Waals surface area contributed by atoms with Crippen molar-refractivity contribution in [3.05, 3.63) is 83.4 Å². The number of hydrogen-bond donors (Lipinski definition) is 1. The van der Waals surface area contributed by atoms with Gasteiger partial charge in [0.1, 0.15) is 0 Å². The van der Waals surface area contributed by atoms with E-state index in [1.54, 1.807) is 24.3 Å². The topological polar surface area (TPSA) is 63.6 Å². The van der Waals surface area contributed by atoms with Gasteiger partial charge in [-0.3, -0.25) is 0 Å². The molecule has 3 rings (SSSR count). The molecule has 0 amide bonds. The molecule has 1 N–H and O–H groups in total. The SMILES string of the molecule is COC(=O)c1cc(-c2ccc(-c3ccc(C(=O)O)cc3)cc2)ccc1C. The van der Waals surface area contributed by atoms with E-state index in [1.165, 1.54) is 7.11 Å². The highest BCUT2D eigenvalue weighted by atomic mass is 16.5. The van der Waals surface area contributed by atoms with Crippen molar-refractivity contribution in [2.75, 3.05) is 7.11 Å². The van der Waals surface area contributed by atoms with E-state index in [0.717, 1.165) is 27.8 Å². The van der Waals surface area contributed by atoms with Crippen molar-refractivity contribution in [2.24, 2.45) is 0 Å². The van der Waals surface area contributed by atoms with Crippen molar-refractivity contribution >= 4 is 11.9 Å². The number of benzene rings is 3. The van der Waals surface area contributed by atoms with Gasteiger partial charge in [0.2, 0.25) is 0 Å². The first-order valence-electron chi connectivity index (χ1n) is 8.12. The van der Waals surface area contributed by atoms with E-state index < -0.39 is 5.97 Å². The molecule has 0 aliphatic heterocycles. The predicted octanol–water partition coefficient (Wildman–Crippen LogP) is 4.81. The Hall–Kier alpha value is -3.40. The van der Waals surface area contributed by atoms with Crippen LogP contribution in [-0.4, -0.2) is 24.2 Å². The van der Waals surface area contributed by atoms with Crippen molar-refractivity contribution in [1.82, 2.24) is 0 Å². The summed E-state index contributed by atoms with van der Waals surface area (Å²) in [7, 11) is 1.37. The second-order valence-electron chi connectivity index (χ2n) is 5.98. The van der Waals surface area contributed by atoms with Crippen LogP contribution in [0.2, 0.25) is 0 Å². The van der Waals surface area contributed by atoms with E-state index in [0.29, 0.717) is 5.56 Å². The molecule has 0 heterocycles. The number of carboxylic acid groups (broad SMARTS) is 1. The van der Waals surface area contributed by atoms with Gasteiger partial charge in [-0.2, -0.15) is 0 Å². The lowest BCUT2D eigenvalue weighted by Crippen LogP contribution is -2.03. The average molecular weight is 346 g/mol. The lowest BCUT2D eigenvalue weighted by Gasteiger charge is -2.09. The molecule has 0 atom stereocenters. The summed E-state index contributed by atoms with van der Waals surface area (Å²) >= 11 is 0. The van der Waals surface area contributed by atoms with Crippen LogP contribution in [0.3, 0.4) is 0 Å². The number of aromatic carboxylic acids is 1. The van der Waals surface area contributed by atoms with Gasteiger partial charge >= 0.3 is 11.9 Å². The smallest absolute Gasteiger partial charge is 0.338 e. The van der Waals surface area contributed by atoms with Crippen LogP contribution in [0.25, 0.3) is 22.3 Å². The minimum Gasteiger partial charge on any atom is -0.478 e. The second-order valence-corrected chi connectivity index (χ2v) is 5.98. The summed E-state index contributed by atoms with van der Waals surface area (Å²) in [5.41, 5.74) is 5.55. The summed E-state index contributed by atoms with van der Waals surface area (Å²) in [4.78, 5) is 22.8. The zero-order chi connectivity index (χ0) is 18.7. The molecule has 4 nitrogen and oxygen atoms in total. The fourth-order valence-corrected chi connectivity index (χ4v) is 2.79. The van der Waals surface area contributed by atoms with Gasteiger partial charge in [-0.05, 0) is 52.9 Å². The van der Waals surface area contributed by atoms with Crippen LogP contribution < -0.4 is 0 Å². The van der Waals surface area contributed by atoms with Crippen LogP contribution in [0, 0.1) is 6.92 Å². The number of hydrogen-bond acceptors (Lipinski definition) is 3. The third-order valence-corrected chi connectivity index (χ3v) is 4.33. The van der Waals surface area contributed by atoms with Crippen molar-refractivity contribution in [2.45, 2.75) is 6.92 Å². The Morgan fingerprint density at radius 1 is 0.769 bits per heavy atom. The van der Waals surface area contributed by atoms with Crippen LogP contribution in [0.5, 0.6) is 0 Å². The fraction of sp³-hybridized carbons (Fsp3) is 0.0909. The summed E-state index contributed by atoms with van der Waals surface area (Å²) in [6.07, 6.45) is 0. The number of carbonyl (C=O) groups is 2. The van der Waals surface area contributed by atoms with E-state index >= 15 is 0 Å². The second kappa shape index (κ2) is 7.23. The predicted molar refractivity (Wildman–Crippen MR) is 100 cm³/mol. The van der Waals surface area contributed by atoms with Gasteiger partial charge < -0.3 is 9.84 Å². The summed E-state index contributed by atoms with van der Waals surface area (Å²) in [6, 6.07) is 20.4. The number of rotatable bonds is 4.